The molecule has 5 heteroatoms. The number of aromatic nitrogens is 2. The van der Waals surface area contributed by atoms with Crippen molar-refractivity contribution in [1.29, 1.82) is 0 Å². The largest absolute Gasteiger partial charge is 0.497 e. The minimum absolute atomic E-state index is 0.748. The van der Waals surface area contributed by atoms with Crippen molar-refractivity contribution in [3.05, 3.63) is 77.9 Å². The predicted molar refractivity (Wildman–Crippen MR) is 132 cm³/mol. The molecule has 0 aliphatic carbocycles. The Labute approximate surface area is 189 Å². The van der Waals surface area contributed by atoms with Crippen molar-refractivity contribution in [2.75, 3.05) is 43.1 Å². The van der Waals surface area contributed by atoms with Crippen molar-refractivity contribution in [3.63, 3.8) is 0 Å². The molecule has 0 atom stereocenters. The maximum absolute atomic E-state index is 5.30. The summed E-state index contributed by atoms with van der Waals surface area (Å²) >= 11 is 0. The monoisotopic (exact) mass is 424 g/mol. The minimum atomic E-state index is 0.748. The number of rotatable bonds is 4. The molecule has 0 spiro atoms. The number of fused-ring (bicyclic) bond motifs is 1. The van der Waals surface area contributed by atoms with Crippen LogP contribution in [-0.2, 0) is 0 Å². The molecular formula is C27H28N4O. The molecule has 2 heterocycles. The number of methoxy groups -OCH3 is 1. The SMILES string of the molecule is COc1ccc(-c2nc(N3CCN(c4ccc(C)cc4C)CC3)c3ccccc3n2)cc1. The van der Waals surface area contributed by atoms with Crippen molar-refractivity contribution in [3.8, 4) is 17.1 Å². The number of aryl methyl sites for hydroxylation is 2. The average Bonchev–Trinajstić information content (AvgIpc) is 2.84. The fraction of sp³-hybridized carbons (Fsp3) is 0.259. The second kappa shape index (κ2) is 8.50. The zero-order valence-corrected chi connectivity index (χ0v) is 18.9. The molecule has 5 rings (SSSR count). The summed E-state index contributed by atoms with van der Waals surface area (Å²) in [7, 11) is 1.68. The highest BCUT2D eigenvalue weighted by molar-refractivity contribution is 5.91. The van der Waals surface area contributed by atoms with E-state index in [1.54, 1.807) is 7.11 Å². The first-order valence-electron chi connectivity index (χ1n) is 11.1. The average molecular weight is 425 g/mol. The first kappa shape index (κ1) is 20.3. The highest BCUT2D eigenvalue weighted by Gasteiger charge is 2.22. The second-order valence-electron chi connectivity index (χ2n) is 8.38. The fourth-order valence-electron chi connectivity index (χ4n) is 4.49. The lowest BCUT2D eigenvalue weighted by Crippen LogP contribution is -2.47. The van der Waals surface area contributed by atoms with Crippen LogP contribution in [0.15, 0.2) is 66.7 Å². The van der Waals surface area contributed by atoms with Crippen LogP contribution in [-0.4, -0.2) is 43.3 Å². The van der Waals surface area contributed by atoms with Gasteiger partial charge in [0.05, 0.1) is 12.6 Å². The van der Waals surface area contributed by atoms with Gasteiger partial charge in [-0.2, -0.15) is 0 Å². The van der Waals surface area contributed by atoms with Gasteiger partial charge in [0.2, 0.25) is 0 Å². The highest BCUT2D eigenvalue weighted by Crippen LogP contribution is 2.30. The van der Waals surface area contributed by atoms with Crippen LogP contribution in [0.25, 0.3) is 22.3 Å². The molecule has 162 valence electrons. The van der Waals surface area contributed by atoms with Gasteiger partial charge in [-0.05, 0) is 61.9 Å². The molecule has 0 amide bonds. The van der Waals surface area contributed by atoms with E-state index in [4.69, 9.17) is 14.7 Å². The maximum Gasteiger partial charge on any atom is 0.162 e. The third-order valence-corrected chi connectivity index (χ3v) is 6.20. The molecule has 3 aromatic carbocycles. The molecule has 1 aliphatic heterocycles. The summed E-state index contributed by atoms with van der Waals surface area (Å²) < 4.78 is 5.30. The normalized spacial score (nSPS) is 14.1. The van der Waals surface area contributed by atoms with Gasteiger partial charge in [-0.1, -0.05) is 29.8 Å². The van der Waals surface area contributed by atoms with Crippen molar-refractivity contribution >= 4 is 22.4 Å². The molecule has 32 heavy (non-hydrogen) atoms. The number of para-hydroxylation sites is 1. The second-order valence-corrected chi connectivity index (χ2v) is 8.38. The number of anilines is 2. The summed E-state index contributed by atoms with van der Waals surface area (Å²) in [6.45, 7) is 8.15. The van der Waals surface area contributed by atoms with Crippen LogP contribution in [0.4, 0.5) is 11.5 Å². The Morgan fingerprint density at radius 3 is 2.22 bits per heavy atom. The highest BCUT2D eigenvalue weighted by atomic mass is 16.5. The summed E-state index contributed by atoms with van der Waals surface area (Å²) in [5.41, 5.74) is 5.95. The first-order chi connectivity index (χ1) is 15.6. The number of ether oxygens (including phenoxy) is 1. The van der Waals surface area contributed by atoms with E-state index in [-0.39, 0.29) is 0 Å². The smallest absolute Gasteiger partial charge is 0.162 e. The third-order valence-electron chi connectivity index (χ3n) is 6.20. The van der Waals surface area contributed by atoms with Crippen LogP contribution in [0.2, 0.25) is 0 Å². The van der Waals surface area contributed by atoms with Gasteiger partial charge in [0.1, 0.15) is 11.6 Å². The molecule has 0 bridgehead atoms. The van der Waals surface area contributed by atoms with E-state index in [1.807, 2.05) is 30.3 Å². The summed E-state index contributed by atoms with van der Waals surface area (Å²) in [5, 5.41) is 1.10. The first-order valence-corrected chi connectivity index (χ1v) is 11.1. The van der Waals surface area contributed by atoms with E-state index >= 15 is 0 Å². The standard InChI is InChI=1S/C27H28N4O/c1-19-8-13-25(20(2)18-19)30-14-16-31(17-15-30)27-23-6-4-5-7-24(23)28-26(29-27)21-9-11-22(32-3)12-10-21/h4-13,18H,14-17H2,1-3H3. The van der Waals surface area contributed by atoms with Gasteiger partial charge >= 0.3 is 0 Å². The molecule has 5 nitrogen and oxygen atoms in total. The van der Waals surface area contributed by atoms with Crippen molar-refractivity contribution in [2.24, 2.45) is 0 Å². The van der Waals surface area contributed by atoms with Crippen molar-refractivity contribution < 1.29 is 4.74 Å². The Kier molecular flexibility index (Phi) is 5.39. The molecule has 4 aromatic rings. The van der Waals surface area contributed by atoms with Crippen LogP contribution in [0.5, 0.6) is 5.75 Å². The van der Waals surface area contributed by atoms with Crippen LogP contribution in [0, 0.1) is 13.8 Å². The number of benzene rings is 3. The van der Waals surface area contributed by atoms with Gasteiger partial charge in [-0.15, -0.1) is 0 Å². The summed E-state index contributed by atoms with van der Waals surface area (Å²) in [4.78, 5) is 14.8. The molecule has 1 fully saturated rings. The molecular weight excluding hydrogens is 396 g/mol. The van der Waals surface area contributed by atoms with E-state index in [2.05, 4.69) is 60.0 Å². The zero-order chi connectivity index (χ0) is 22.1. The quantitative estimate of drug-likeness (QED) is 0.448. The summed E-state index contributed by atoms with van der Waals surface area (Å²) in [6, 6.07) is 23.0. The molecule has 0 saturated carbocycles. The van der Waals surface area contributed by atoms with Crippen LogP contribution < -0.4 is 14.5 Å². The molecule has 0 radical (unpaired) electrons. The minimum Gasteiger partial charge on any atom is -0.497 e. The fourth-order valence-corrected chi connectivity index (χ4v) is 4.49. The molecule has 0 N–H and O–H groups in total. The Hall–Kier alpha value is -3.60. The Balaban J connectivity index is 1.46. The zero-order valence-electron chi connectivity index (χ0n) is 18.9. The summed E-state index contributed by atoms with van der Waals surface area (Å²) in [5.74, 6) is 2.59. The third kappa shape index (κ3) is 3.86. The lowest BCUT2D eigenvalue weighted by molar-refractivity contribution is 0.415. The number of piperazine rings is 1. The van der Waals surface area contributed by atoms with Gasteiger partial charge in [0.25, 0.3) is 0 Å². The van der Waals surface area contributed by atoms with Gasteiger partial charge in [0.15, 0.2) is 5.82 Å². The van der Waals surface area contributed by atoms with Crippen LogP contribution in [0.3, 0.4) is 0 Å². The van der Waals surface area contributed by atoms with Gasteiger partial charge in [0, 0.05) is 42.8 Å². The number of hydrogen-bond acceptors (Lipinski definition) is 5. The van der Waals surface area contributed by atoms with E-state index in [0.717, 1.165) is 60.0 Å². The molecule has 1 aliphatic rings. The van der Waals surface area contributed by atoms with Crippen LogP contribution in [0.1, 0.15) is 11.1 Å². The van der Waals surface area contributed by atoms with Crippen molar-refractivity contribution in [1.82, 2.24) is 9.97 Å². The molecule has 1 saturated heterocycles. The van der Waals surface area contributed by atoms with Crippen LogP contribution >= 0.6 is 0 Å². The van der Waals surface area contributed by atoms with E-state index in [1.165, 1.54) is 16.8 Å². The van der Waals surface area contributed by atoms with Crippen molar-refractivity contribution in [2.45, 2.75) is 13.8 Å². The summed E-state index contributed by atoms with van der Waals surface area (Å²) in [6.07, 6.45) is 0. The molecule has 1 aromatic heterocycles. The molecule has 0 unspecified atom stereocenters. The lowest BCUT2D eigenvalue weighted by Gasteiger charge is -2.38. The number of nitrogens with zero attached hydrogens (tertiary/aromatic N) is 4. The topological polar surface area (TPSA) is 41.5 Å². The maximum atomic E-state index is 5.30. The van der Waals surface area contributed by atoms with Gasteiger partial charge in [-0.25, -0.2) is 9.97 Å². The van der Waals surface area contributed by atoms with E-state index in [0.29, 0.717) is 0 Å². The lowest BCUT2D eigenvalue weighted by atomic mass is 10.1. The Morgan fingerprint density at radius 1 is 0.781 bits per heavy atom. The number of hydrogen-bond donors (Lipinski definition) is 0. The Morgan fingerprint density at radius 2 is 1.50 bits per heavy atom. The van der Waals surface area contributed by atoms with E-state index < -0.39 is 0 Å². The van der Waals surface area contributed by atoms with Gasteiger partial charge < -0.3 is 14.5 Å². The Bertz CT molecular complexity index is 1240. The van der Waals surface area contributed by atoms with E-state index in [9.17, 15) is 0 Å². The predicted octanol–water partition coefficient (Wildman–Crippen LogP) is 5.25. The van der Waals surface area contributed by atoms with Gasteiger partial charge in [-0.3, -0.25) is 0 Å².